The van der Waals surface area contributed by atoms with Crippen molar-refractivity contribution in [2.75, 3.05) is 31.1 Å². The van der Waals surface area contributed by atoms with Crippen molar-refractivity contribution >= 4 is 27.6 Å². The molecule has 0 radical (unpaired) electrons. The van der Waals surface area contributed by atoms with Crippen LogP contribution in [0.3, 0.4) is 0 Å². The average Bonchev–Trinajstić information content (AvgIpc) is 3.42. The highest BCUT2D eigenvalue weighted by Gasteiger charge is 2.28. The van der Waals surface area contributed by atoms with E-state index in [1.54, 1.807) is 4.90 Å². The van der Waals surface area contributed by atoms with Crippen LogP contribution in [0.1, 0.15) is 28.8 Å². The third-order valence-corrected chi connectivity index (χ3v) is 7.22. The summed E-state index contributed by atoms with van der Waals surface area (Å²) in [6, 6.07) is 13.3. The van der Waals surface area contributed by atoms with Crippen molar-refractivity contribution in [3.05, 3.63) is 59.7 Å². The molecule has 7 nitrogen and oxygen atoms in total. The normalized spacial score (nSPS) is 16.6. The third-order valence-electron chi connectivity index (χ3n) is 5.31. The van der Waals surface area contributed by atoms with E-state index in [0.717, 1.165) is 30.5 Å². The van der Waals surface area contributed by atoms with Crippen LogP contribution in [0, 0.1) is 0 Å². The van der Waals surface area contributed by atoms with Gasteiger partial charge >= 0.3 is 5.97 Å². The molecule has 2 heterocycles. The molecule has 1 amide bonds. The van der Waals surface area contributed by atoms with E-state index in [1.807, 2.05) is 24.3 Å². The molecule has 8 heteroatoms. The molecule has 2 aromatic rings. The average molecular weight is 414 g/mol. The summed E-state index contributed by atoms with van der Waals surface area (Å²) in [5.41, 5.74) is 2.16. The van der Waals surface area contributed by atoms with Gasteiger partial charge in [0.1, 0.15) is 0 Å². The second kappa shape index (κ2) is 7.96. The molecule has 2 aliphatic rings. The van der Waals surface area contributed by atoms with Crippen LogP contribution < -0.4 is 4.90 Å². The van der Waals surface area contributed by atoms with Crippen LogP contribution in [0.2, 0.25) is 0 Å². The summed E-state index contributed by atoms with van der Waals surface area (Å²) < 4.78 is 31.7. The lowest BCUT2D eigenvalue weighted by atomic mass is 10.2. The molecule has 0 unspecified atom stereocenters. The number of ether oxygens (including phenoxy) is 1. The SMILES string of the molecule is O=C(OCC(=O)N1CCc2ccccc21)c1ccc(S(=O)(=O)N2CCCC2)cc1. The number of benzene rings is 2. The van der Waals surface area contributed by atoms with E-state index in [1.165, 1.54) is 28.6 Å². The molecule has 0 spiro atoms. The van der Waals surface area contributed by atoms with E-state index in [2.05, 4.69) is 0 Å². The van der Waals surface area contributed by atoms with Crippen LogP contribution in [0.15, 0.2) is 53.4 Å². The van der Waals surface area contributed by atoms with Gasteiger partial charge in [0.2, 0.25) is 10.0 Å². The smallest absolute Gasteiger partial charge is 0.338 e. The lowest BCUT2D eigenvalue weighted by molar-refractivity contribution is -0.121. The molecule has 0 bridgehead atoms. The molecule has 0 aromatic heterocycles. The van der Waals surface area contributed by atoms with Gasteiger partial charge in [-0.05, 0) is 55.2 Å². The number of carbonyl (C=O) groups is 2. The van der Waals surface area contributed by atoms with Gasteiger partial charge in [-0.1, -0.05) is 18.2 Å². The van der Waals surface area contributed by atoms with Crippen LogP contribution in [0.25, 0.3) is 0 Å². The predicted molar refractivity (Wildman–Crippen MR) is 107 cm³/mol. The standard InChI is InChI=1S/C21H22N2O5S/c24-20(23-14-11-16-5-1-2-6-19(16)23)15-28-21(25)17-7-9-18(10-8-17)29(26,27)22-12-3-4-13-22/h1-2,5-10H,3-4,11-15H2. The molecule has 0 saturated carbocycles. The van der Waals surface area contributed by atoms with Crippen molar-refractivity contribution in [3.8, 4) is 0 Å². The minimum Gasteiger partial charge on any atom is -0.452 e. The first-order chi connectivity index (χ1) is 14.0. The van der Waals surface area contributed by atoms with Gasteiger partial charge in [0.25, 0.3) is 5.91 Å². The van der Waals surface area contributed by atoms with Gasteiger partial charge < -0.3 is 9.64 Å². The maximum Gasteiger partial charge on any atom is 0.338 e. The van der Waals surface area contributed by atoms with E-state index in [-0.39, 0.29) is 23.0 Å². The zero-order chi connectivity index (χ0) is 20.4. The Hall–Kier alpha value is -2.71. The second-order valence-electron chi connectivity index (χ2n) is 7.14. The molecule has 152 valence electrons. The number of hydrogen-bond donors (Lipinski definition) is 0. The van der Waals surface area contributed by atoms with Gasteiger partial charge in [0, 0.05) is 25.3 Å². The molecule has 1 saturated heterocycles. The fraction of sp³-hybridized carbons (Fsp3) is 0.333. The highest BCUT2D eigenvalue weighted by Crippen LogP contribution is 2.27. The van der Waals surface area contributed by atoms with E-state index in [9.17, 15) is 18.0 Å². The van der Waals surface area contributed by atoms with Crippen molar-refractivity contribution in [1.29, 1.82) is 0 Å². The molecule has 29 heavy (non-hydrogen) atoms. The first kappa shape index (κ1) is 19.6. The van der Waals surface area contributed by atoms with Crippen molar-refractivity contribution in [3.63, 3.8) is 0 Å². The zero-order valence-electron chi connectivity index (χ0n) is 15.9. The Morgan fingerprint density at radius 3 is 2.34 bits per heavy atom. The topological polar surface area (TPSA) is 84.0 Å². The number of fused-ring (bicyclic) bond motifs is 1. The Kier molecular flexibility index (Phi) is 5.38. The number of para-hydroxylation sites is 1. The number of nitrogens with zero attached hydrogens (tertiary/aromatic N) is 2. The molecule has 0 atom stereocenters. The summed E-state index contributed by atoms with van der Waals surface area (Å²) >= 11 is 0. The van der Waals surface area contributed by atoms with Crippen molar-refractivity contribution in [2.45, 2.75) is 24.2 Å². The Bertz CT molecular complexity index is 1030. The van der Waals surface area contributed by atoms with Crippen molar-refractivity contribution in [2.24, 2.45) is 0 Å². The Balaban J connectivity index is 1.37. The number of hydrogen-bond acceptors (Lipinski definition) is 5. The number of rotatable bonds is 5. The van der Waals surface area contributed by atoms with Crippen LogP contribution >= 0.6 is 0 Å². The van der Waals surface area contributed by atoms with Gasteiger partial charge in [-0.2, -0.15) is 4.31 Å². The van der Waals surface area contributed by atoms with E-state index >= 15 is 0 Å². The predicted octanol–water partition coefficient (Wildman–Crippen LogP) is 2.22. The first-order valence-electron chi connectivity index (χ1n) is 9.62. The number of amides is 1. The van der Waals surface area contributed by atoms with Gasteiger partial charge in [0.05, 0.1) is 10.5 Å². The monoisotopic (exact) mass is 414 g/mol. The van der Waals surface area contributed by atoms with Gasteiger partial charge in [-0.15, -0.1) is 0 Å². The fourth-order valence-electron chi connectivity index (χ4n) is 3.73. The summed E-state index contributed by atoms with van der Waals surface area (Å²) in [6.07, 6.45) is 2.50. The van der Waals surface area contributed by atoms with E-state index in [0.29, 0.717) is 19.6 Å². The maximum absolute atomic E-state index is 12.5. The van der Waals surface area contributed by atoms with Crippen LogP contribution in [-0.4, -0.2) is 50.8 Å². The highest BCUT2D eigenvalue weighted by atomic mass is 32.2. The minimum absolute atomic E-state index is 0.153. The second-order valence-corrected chi connectivity index (χ2v) is 9.07. The number of carbonyl (C=O) groups excluding carboxylic acids is 2. The van der Waals surface area contributed by atoms with Crippen molar-refractivity contribution < 1.29 is 22.7 Å². The Morgan fingerprint density at radius 2 is 1.62 bits per heavy atom. The molecule has 0 N–H and O–H groups in total. The van der Waals surface area contributed by atoms with Gasteiger partial charge in [0.15, 0.2) is 6.61 Å². The van der Waals surface area contributed by atoms with Gasteiger partial charge in [-0.25, -0.2) is 13.2 Å². The summed E-state index contributed by atoms with van der Waals surface area (Å²) in [4.78, 5) is 26.5. The third kappa shape index (κ3) is 3.90. The van der Waals surface area contributed by atoms with Crippen molar-refractivity contribution in [1.82, 2.24) is 4.31 Å². The van der Waals surface area contributed by atoms with Crippen LogP contribution in [0.4, 0.5) is 5.69 Å². The van der Waals surface area contributed by atoms with E-state index < -0.39 is 16.0 Å². The summed E-state index contributed by atoms with van der Waals surface area (Å²) in [5.74, 6) is -0.938. The quantitative estimate of drug-likeness (QED) is 0.701. The van der Waals surface area contributed by atoms with Gasteiger partial charge in [-0.3, -0.25) is 4.79 Å². The Labute approximate surface area is 169 Å². The maximum atomic E-state index is 12.5. The molecular weight excluding hydrogens is 392 g/mol. The molecule has 2 aromatic carbocycles. The molecule has 2 aliphatic heterocycles. The molecule has 4 rings (SSSR count). The number of anilines is 1. The lowest BCUT2D eigenvalue weighted by Gasteiger charge is -2.17. The highest BCUT2D eigenvalue weighted by molar-refractivity contribution is 7.89. The Morgan fingerprint density at radius 1 is 0.931 bits per heavy atom. The fourth-order valence-corrected chi connectivity index (χ4v) is 5.24. The number of sulfonamides is 1. The lowest BCUT2D eigenvalue weighted by Crippen LogP contribution is -2.33. The molecular formula is C21H22N2O5S. The molecule has 1 fully saturated rings. The summed E-state index contributed by atoms with van der Waals surface area (Å²) in [6.45, 7) is 1.25. The van der Waals surface area contributed by atoms with Crippen LogP contribution in [0.5, 0.6) is 0 Å². The minimum atomic E-state index is -3.53. The largest absolute Gasteiger partial charge is 0.452 e. The summed E-state index contributed by atoms with van der Waals surface area (Å²) in [5, 5.41) is 0. The van der Waals surface area contributed by atoms with Crippen LogP contribution in [-0.2, 0) is 26.0 Å². The zero-order valence-corrected chi connectivity index (χ0v) is 16.7. The first-order valence-corrected chi connectivity index (χ1v) is 11.1. The summed E-state index contributed by atoms with van der Waals surface area (Å²) in [7, 11) is -3.53. The molecule has 0 aliphatic carbocycles. The van der Waals surface area contributed by atoms with E-state index in [4.69, 9.17) is 4.74 Å². The number of esters is 1.